The summed E-state index contributed by atoms with van der Waals surface area (Å²) in [5.41, 5.74) is 4.33. The lowest BCUT2D eigenvalue weighted by atomic mass is 10.0. The van der Waals surface area contributed by atoms with Gasteiger partial charge >= 0.3 is 30.0 Å². The second-order valence-electron chi connectivity index (χ2n) is 12.0. The van der Waals surface area contributed by atoms with Crippen molar-refractivity contribution < 1.29 is 49.9 Å². The third-order valence-electron chi connectivity index (χ3n) is 8.00. The fourth-order valence-corrected chi connectivity index (χ4v) is 5.55. The Morgan fingerprint density at radius 1 is 0.852 bits per heavy atom. The van der Waals surface area contributed by atoms with E-state index in [0.717, 1.165) is 22.5 Å². The molecule has 0 aliphatic carbocycles. The molecule has 6 rings (SSSR count). The van der Waals surface area contributed by atoms with E-state index in [4.69, 9.17) is 11.6 Å². The number of likely N-dealkylation sites (tertiary alicyclic amines) is 1. The zero-order valence-corrected chi connectivity index (χ0v) is 28.4. The fourth-order valence-electron chi connectivity index (χ4n) is 5.41. The standard InChI is InChI=1S/C30H28ClFN8O2.C4F6O2/c31-23-16-34-29-36-22-11-18(14-33-15-22)5-6-20-13-21(35-28(23)39-29)7-8-25(20)37-27(41)12-19-9-10-40(17-19)30(42)38-26-4-2-1-3-24(26)32;5-3(6,7)1(11)2(12)4(8,9)10/h1-4,7-8,11,13-16,19H,5-6,9-10,12,17H2,(H,37,41)(H,38,42)(H2,34,35,36,39);/t19-;/m0./s1. The molecule has 1 atom stereocenters. The summed E-state index contributed by atoms with van der Waals surface area (Å²) in [6.07, 6.45) is -4.20. The molecule has 12 nitrogen and oxygen atoms in total. The van der Waals surface area contributed by atoms with Crippen molar-refractivity contribution in [3.05, 3.63) is 89.1 Å². The minimum absolute atomic E-state index is 0.00205. The summed E-state index contributed by atoms with van der Waals surface area (Å²) in [5.74, 6) is -6.60. The third kappa shape index (κ3) is 10.4. The largest absolute Gasteiger partial charge is 0.458 e. The highest BCUT2D eigenvalue weighted by molar-refractivity contribution is 6.41. The van der Waals surface area contributed by atoms with Gasteiger partial charge in [0.2, 0.25) is 11.9 Å². The number of hydrogen-bond acceptors (Lipinski definition) is 9. The number of carbonyl (C=O) groups excluding carboxylic acids is 4. The Labute approximate surface area is 306 Å². The van der Waals surface area contributed by atoms with Crippen molar-refractivity contribution in [2.45, 2.75) is 38.0 Å². The highest BCUT2D eigenvalue weighted by Crippen LogP contribution is 2.30. The zero-order valence-electron chi connectivity index (χ0n) is 27.6. The number of halogens is 8. The van der Waals surface area contributed by atoms with Crippen LogP contribution in [0.4, 0.5) is 70.0 Å². The number of fused-ring (bicyclic) bond motifs is 6. The number of benzene rings is 2. The number of urea groups is 1. The first kappa shape index (κ1) is 39.4. The van der Waals surface area contributed by atoms with Gasteiger partial charge in [0.05, 0.1) is 23.8 Å². The fraction of sp³-hybridized carbons (Fsp3) is 0.265. The van der Waals surface area contributed by atoms with Crippen LogP contribution in [-0.4, -0.2) is 68.8 Å². The number of alkyl halides is 6. The Balaban J connectivity index is 0.000000404. The normalized spacial score (nSPS) is 15.1. The average molecular weight is 781 g/mol. The summed E-state index contributed by atoms with van der Waals surface area (Å²) in [6.45, 7) is 0.918. The number of anilines is 6. The molecule has 20 heteroatoms. The molecule has 1 saturated heterocycles. The van der Waals surface area contributed by atoms with Crippen molar-refractivity contribution in [2.75, 3.05) is 34.4 Å². The molecule has 0 spiro atoms. The number of aromatic nitrogens is 3. The number of pyridine rings is 1. The number of aryl methyl sites for hydroxylation is 2. The number of nitrogens with zero attached hydrogens (tertiary/aromatic N) is 4. The highest BCUT2D eigenvalue weighted by atomic mass is 35.5. The third-order valence-corrected chi connectivity index (χ3v) is 8.28. The number of carbonyl (C=O) groups is 4. The Morgan fingerprint density at radius 3 is 2.28 bits per heavy atom. The molecule has 284 valence electrons. The van der Waals surface area contributed by atoms with Gasteiger partial charge in [0, 0.05) is 37.1 Å². The van der Waals surface area contributed by atoms with Crippen LogP contribution in [0.1, 0.15) is 24.0 Å². The minimum atomic E-state index is -5.77. The lowest BCUT2D eigenvalue weighted by Gasteiger charge is -2.18. The molecule has 2 aromatic heterocycles. The Kier molecular flexibility index (Phi) is 12.0. The van der Waals surface area contributed by atoms with Gasteiger partial charge in [-0.1, -0.05) is 23.7 Å². The summed E-state index contributed by atoms with van der Waals surface area (Å²) in [6, 6.07) is 13.4. The molecule has 4 heterocycles. The Morgan fingerprint density at radius 2 is 1.57 bits per heavy atom. The minimum Gasteiger partial charge on any atom is -0.339 e. The van der Waals surface area contributed by atoms with Gasteiger partial charge in [-0.05, 0) is 72.7 Å². The van der Waals surface area contributed by atoms with Crippen LogP contribution in [0, 0.1) is 11.7 Å². The van der Waals surface area contributed by atoms with Gasteiger partial charge in [-0.25, -0.2) is 14.2 Å². The van der Waals surface area contributed by atoms with E-state index in [9.17, 15) is 49.9 Å². The molecule has 54 heavy (non-hydrogen) atoms. The van der Waals surface area contributed by atoms with Crippen molar-refractivity contribution in [2.24, 2.45) is 5.92 Å². The lowest BCUT2D eigenvalue weighted by molar-refractivity contribution is -0.193. The predicted octanol–water partition coefficient (Wildman–Crippen LogP) is 7.38. The molecule has 2 aromatic carbocycles. The summed E-state index contributed by atoms with van der Waals surface area (Å²) in [5, 5.41) is 12.5. The zero-order chi connectivity index (χ0) is 39.2. The van der Waals surface area contributed by atoms with Crippen LogP contribution in [0.3, 0.4) is 0 Å². The number of para-hydroxylation sites is 1. The second-order valence-corrected chi connectivity index (χ2v) is 12.4. The van der Waals surface area contributed by atoms with Crippen LogP contribution in [0.25, 0.3) is 0 Å². The van der Waals surface area contributed by atoms with E-state index >= 15 is 0 Å². The van der Waals surface area contributed by atoms with E-state index < -0.39 is 29.7 Å². The molecular formula is C34H28ClF7N8O4. The van der Waals surface area contributed by atoms with Crippen molar-refractivity contribution >= 4 is 69.6 Å². The molecule has 4 N–H and O–H groups in total. The Hall–Kier alpha value is -5.85. The van der Waals surface area contributed by atoms with E-state index in [2.05, 4.69) is 36.2 Å². The number of nitrogens with one attached hydrogen (secondary N) is 4. The topological polar surface area (TPSA) is 158 Å². The molecular weight excluding hydrogens is 753 g/mol. The maximum Gasteiger partial charge on any atom is 0.458 e. The summed E-state index contributed by atoms with van der Waals surface area (Å²) >= 11 is 6.36. The number of ketones is 2. The second kappa shape index (κ2) is 16.4. The first-order valence-electron chi connectivity index (χ1n) is 15.9. The number of amides is 3. The van der Waals surface area contributed by atoms with Crippen LogP contribution in [0.2, 0.25) is 5.02 Å². The highest BCUT2D eigenvalue weighted by Gasteiger charge is 2.54. The number of hydrogen-bond donors (Lipinski definition) is 4. The molecule has 6 bridgehead atoms. The smallest absolute Gasteiger partial charge is 0.339 e. The van der Waals surface area contributed by atoms with E-state index in [-0.39, 0.29) is 30.0 Å². The van der Waals surface area contributed by atoms with Gasteiger partial charge in [0.15, 0.2) is 5.82 Å². The van der Waals surface area contributed by atoms with Crippen molar-refractivity contribution in [3.8, 4) is 0 Å². The quantitative estimate of drug-likeness (QED) is 0.120. The van der Waals surface area contributed by atoms with Gasteiger partial charge in [-0.2, -0.15) is 31.3 Å². The van der Waals surface area contributed by atoms with Crippen LogP contribution >= 0.6 is 11.6 Å². The van der Waals surface area contributed by atoms with Crippen LogP contribution in [-0.2, 0) is 27.2 Å². The van der Waals surface area contributed by atoms with Crippen molar-refractivity contribution in [3.63, 3.8) is 0 Å². The molecule has 0 saturated carbocycles. The predicted molar refractivity (Wildman–Crippen MR) is 182 cm³/mol. The van der Waals surface area contributed by atoms with Gasteiger partial charge in [-0.3, -0.25) is 19.4 Å². The Bertz CT molecular complexity index is 2040. The number of Topliss-reactive ketones (excluding diaryl/α,β-unsaturated/α-hetero) is 2. The average Bonchev–Trinajstić information content (AvgIpc) is 3.58. The van der Waals surface area contributed by atoms with E-state index in [1.54, 1.807) is 23.2 Å². The van der Waals surface area contributed by atoms with Crippen molar-refractivity contribution in [1.82, 2.24) is 19.9 Å². The maximum atomic E-state index is 13.9. The van der Waals surface area contributed by atoms with Crippen LogP contribution in [0.5, 0.6) is 0 Å². The molecule has 2 aliphatic heterocycles. The van der Waals surface area contributed by atoms with E-state index in [0.29, 0.717) is 54.8 Å². The van der Waals surface area contributed by atoms with Gasteiger partial charge in [-0.15, -0.1) is 0 Å². The van der Waals surface area contributed by atoms with Gasteiger partial charge < -0.3 is 26.2 Å². The monoisotopic (exact) mass is 780 g/mol. The summed E-state index contributed by atoms with van der Waals surface area (Å²) in [7, 11) is 0. The first-order chi connectivity index (χ1) is 25.5. The lowest BCUT2D eigenvalue weighted by Crippen LogP contribution is -2.39. The summed E-state index contributed by atoms with van der Waals surface area (Å²) < 4.78 is 80.9. The molecule has 1 fully saturated rings. The molecule has 3 amide bonds. The van der Waals surface area contributed by atoms with E-state index in [1.165, 1.54) is 18.3 Å². The van der Waals surface area contributed by atoms with Crippen molar-refractivity contribution in [1.29, 1.82) is 0 Å². The molecule has 0 unspecified atom stereocenters. The van der Waals surface area contributed by atoms with Gasteiger partial charge in [0.25, 0.3) is 0 Å². The number of rotatable bonds is 5. The van der Waals surface area contributed by atoms with Gasteiger partial charge in [0.1, 0.15) is 10.8 Å². The first-order valence-corrected chi connectivity index (χ1v) is 16.3. The van der Waals surface area contributed by atoms with Crippen LogP contribution < -0.4 is 21.3 Å². The molecule has 4 aromatic rings. The molecule has 2 aliphatic rings. The van der Waals surface area contributed by atoms with Crippen LogP contribution in [0.15, 0.2) is 67.1 Å². The maximum absolute atomic E-state index is 13.9. The molecule has 0 radical (unpaired) electrons. The SMILES string of the molecule is O=C(C(=O)C(F)(F)F)C(F)(F)F.O=C(C[C@@H]1CCN(C(=O)Nc2ccccc2F)C1)Nc1ccc2cc1CCc1cncc(c1)Nc1ncc(Cl)c(n1)N2. The summed E-state index contributed by atoms with van der Waals surface area (Å²) in [4.78, 5) is 59.7. The van der Waals surface area contributed by atoms with E-state index in [1.807, 2.05) is 30.5 Å².